The number of carbonyl (C=O) groups excluding carboxylic acids is 1. The molecule has 1 aliphatic heterocycles. The minimum Gasteiger partial charge on any atom is -0.488 e. The molecule has 25 heavy (non-hydrogen) atoms. The van der Waals surface area contributed by atoms with Gasteiger partial charge in [-0.2, -0.15) is 18.4 Å². The second kappa shape index (κ2) is 7.12. The summed E-state index contributed by atoms with van der Waals surface area (Å²) in [5.41, 5.74) is -0.587. The van der Waals surface area contributed by atoms with Crippen molar-refractivity contribution in [1.29, 1.82) is 5.26 Å². The van der Waals surface area contributed by atoms with Gasteiger partial charge >= 0.3 is 12.3 Å². The maximum absolute atomic E-state index is 12.8. The highest BCUT2D eigenvalue weighted by Crippen LogP contribution is 2.40. The molecule has 0 aromatic carbocycles. The highest BCUT2D eigenvalue weighted by Gasteiger charge is 2.35. The Morgan fingerprint density at radius 2 is 1.92 bits per heavy atom. The molecule has 1 fully saturated rings. The normalized spacial score (nSPS) is 16.4. The number of hydrogen-bond donors (Lipinski definition) is 0. The van der Waals surface area contributed by atoms with Crippen LogP contribution in [0.15, 0.2) is 6.07 Å². The molecule has 0 unspecified atom stereocenters. The van der Waals surface area contributed by atoms with Gasteiger partial charge in [-0.1, -0.05) is 0 Å². The topological polar surface area (TPSA) is 62.6 Å². The van der Waals surface area contributed by atoms with Crippen molar-refractivity contribution in [1.82, 2.24) is 4.90 Å². The maximum Gasteiger partial charge on any atom is 0.425 e. The molecular weight excluding hydrogens is 357 g/mol. The molecule has 2 rings (SSSR count). The van der Waals surface area contributed by atoms with Crippen LogP contribution >= 0.6 is 11.3 Å². The van der Waals surface area contributed by atoms with E-state index in [2.05, 4.69) is 0 Å². The van der Waals surface area contributed by atoms with Crippen LogP contribution in [0.4, 0.5) is 18.0 Å². The van der Waals surface area contributed by atoms with Crippen LogP contribution in [0.3, 0.4) is 0 Å². The van der Waals surface area contributed by atoms with Crippen molar-refractivity contribution >= 4 is 17.4 Å². The number of halogens is 3. The van der Waals surface area contributed by atoms with E-state index in [1.165, 1.54) is 0 Å². The fraction of sp³-hybridized carbons (Fsp3) is 0.625. The van der Waals surface area contributed by atoms with Gasteiger partial charge in [-0.15, -0.1) is 11.3 Å². The van der Waals surface area contributed by atoms with E-state index in [0.29, 0.717) is 37.3 Å². The summed E-state index contributed by atoms with van der Waals surface area (Å²) in [5, 5.41) is 8.99. The van der Waals surface area contributed by atoms with Crippen molar-refractivity contribution in [3.8, 4) is 11.8 Å². The minimum atomic E-state index is -4.50. The van der Waals surface area contributed by atoms with Gasteiger partial charge in [0, 0.05) is 32.0 Å². The van der Waals surface area contributed by atoms with E-state index in [0.717, 1.165) is 6.07 Å². The van der Waals surface area contributed by atoms with Crippen LogP contribution in [0, 0.1) is 11.3 Å². The molecule has 0 spiro atoms. The summed E-state index contributed by atoms with van der Waals surface area (Å²) in [5.74, 6) is -0.0458. The second-order valence-electron chi connectivity index (χ2n) is 6.70. The fourth-order valence-corrected chi connectivity index (χ4v) is 3.10. The summed E-state index contributed by atoms with van der Waals surface area (Å²) >= 11 is 0.371. The molecule has 138 valence electrons. The van der Waals surface area contributed by atoms with Crippen LogP contribution in [-0.4, -0.2) is 35.8 Å². The maximum atomic E-state index is 12.8. The molecule has 0 saturated carbocycles. The van der Waals surface area contributed by atoms with E-state index in [9.17, 15) is 18.0 Å². The summed E-state index contributed by atoms with van der Waals surface area (Å²) in [7, 11) is 0. The van der Waals surface area contributed by atoms with Crippen LogP contribution in [0.2, 0.25) is 0 Å². The number of likely N-dealkylation sites (tertiary alicyclic amines) is 1. The molecule has 2 heterocycles. The van der Waals surface area contributed by atoms with Gasteiger partial charge in [-0.25, -0.2) is 4.79 Å². The Morgan fingerprint density at radius 3 is 2.40 bits per heavy atom. The Hall–Kier alpha value is -1.95. The van der Waals surface area contributed by atoms with Crippen molar-refractivity contribution in [3.63, 3.8) is 0 Å². The largest absolute Gasteiger partial charge is 0.488 e. The monoisotopic (exact) mass is 376 g/mol. The predicted molar refractivity (Wildman–Crippen MR) is 85.5 cm³/mol. The number of alkyl halides is 3. The lowest BCUT2D eigenvalue weighted by atomic mass is 10.1. The van der Waals surface area contributed by atoms with E-state index in [1.54, 1.807) is 31.7 Å². The van der Waals surface area contributed by atoms with Gasteiger partial charge in [0.15, 0.2) is 0 Å². The Bertz CT molecular complexity index is 666. The first-order valence-corrected chi connectivity index (χ1v) is 8.57. The number of carbonyl (C=O) groups is 1. The first kappa shape index (κ1) is 19.4. The molecule has 5 nitrogen and oxygen atoms in total. The molecule has 1 aliphatic rings. The number of rotatable bonds is 2. The van der Waals surface area contributed by atoms with E-state index in [-0.39, 0.29) is 16.7 Å². The van der Waals surface area contributed by atoms with E-state index >= 15 is 0 Å². The zero-order valence-electron chi connectivity index (χ0n) is 14.1. The molecule has 9 heteroatoms. The number of hydrogen-bond acceptors (Lipinski definition) is 5. The SMILES string of the molecule is CC(C)(C)OC(=O)N1CCC(Oc2cc(C(F)(F)F)sc2C#N)CC1. The average Bonchev–Trinajstić information content (AvgIpc) is 2.89. The Balaban J connectivity index is 1.96. The molecule has 0 radical (unpaired) electrons. The predicted octanol–water partition coefficient (Wildman–Crippen LogP) is 4.42. The molecule has 1 aromatic rings. The smallest absolute Gasteiger partial charge is 0.425 e. The lowest BCUT2D eigenvalue weighted by molar-refractivity contribution is -0.134. The quantitative estimate of drug-likeness (QED) is 0.767. The number of ether oxygens (including phenoxy) is 2. The van der Waals surface area contributed by atoms with E-state index in [4.69, 9.17) is 14.7 Å². The standard InChI is InChI=1S/C16H19F3N2O3S/c1-15(2,3)24-14(22)21-6-4-10(5-7-21)23-11-8-13(16(17,18)19)25-12(11)9-20/h8,10H,4-7H2,1-3H3. The number of piperidine rings is 1. The zero-order valence-corrected chi connectivity index (χ0v) is 15.0. The summed E-state index contributed by atoms with van der Waals surface area (Å²) in [6, 6.07) is 2.60. The van der Waals surface area contributed by atoms with E-state index in [1.807, 2.05) is 0 Å². The van der Waals surface area contributed by atoms with Crippen molar-refractivity contribution < 1.29 is 27.4 Å². The van der Waals surface area contributed by atoms with Crippen LogP contribution in [-0.2, 0) is 10.9 Å². The van der Waals surface area contributed by atoms with Gasteiger partial charge in [-0.05, 0) is 20.8 Å². The highest BCUT2D eigenvalue weighted by molar-refractivity contribution is 7.13. The summed E-state index contributed by atoms with van der Waals surface area (Å²) in [6.07, 6.45) is -4.35. The minimum absolute atomic E-state index is 0.0458. The summed E-state index contributed by atoms with van der Waals surface area (Å²) < 4.78 is 49.2. The third kappa shape index (κ3) is 5.26. The van der Waals surface area contributed by atoms with Crippen LogP contribution in [0.25, 0.3) is 0 Å². The van der Waals surface area contributed by atoms with Gasteiger partial charge < -0.3 is 14.4 Å². The van der Waals surface area contributed by atoms with E-state index < -0.39 is 22.7 Å². The van der Waals surface area contributed by atoms with Gasteiger partial charge in [0.2, 0.25) is 0 Å². The Labute approximate surface area is 147 Å². The summed E-state index contributed by atoms with van der Waals surface area (Å²) in [4.78, 5) is 12.6. The van der Waals surface area contributed by atoms with Gasteiger partial charge in [0.25, 0.3) is 0 Å². The van der Waals surface area contributed by atoms with Crippen LogP contribution < -0.4 is 4.74 Å². The molecule has 0 bridgehead atoms. The third-order valence-corrected chi connectivity index (χ3v) is 4.53. The fourth-order valence-electron chi connectivity index (χ4n) is 2.34. The van der Waals surface area contributed by atoms with Gasteiger partial charge in [-0.3, -0.25) is 0 Å². The zero-order chi connectivity index (χ0) is 18.8. The third-order valence-electron chi connectivity index (χ3n) is 3.47. The molecule has 0 N–H and O–H groups in total. The first-order valence-electron chi connectivity index (χ1n) is 7.75. The highest BCUT2D eigenvalue weighted by atomic mass is 32.1. The average molecular weight is 376 g/mol. The second-order valence-corrected chi connectivity index (χ2v) is 7.75. The molecular formula is C16H19F3N2O3S. The molecule has 1 amide bonds. The molecule has 0 atom stereocenters. The number of nitrogens with zero attached hydrogens (tertiary/aromatic N) is 2. The van der Waals surface area contributed by atoms with Crippen LogP contribution in [0.1, 0.15) is 43.4 Å². The van der Waals surface area contributed by atoms with Crippen molar-refractivity contribution in [2.75, 3.05) is 13.1 Å². The molecule has 1 aromatic heterocycles. The van der Waals surface area contributed by atoms with Crippen molar-refractivity contribution in [2.45, 2.75) is 51.5 Å². The number of amides is 1. The molecule has 0 aliphatic carbocycles. The number of thiophene rings is 1. The number of nitriles is 1. The lowest BCUT2D eigenvalue weighted by Gasteiger charge is -2.33. The van der Waals surface area contributed by atoms with Gasteiger partial charge in [0.05, 0.1) is 0 Å². The first-order chi connectivity index (χ1) is 11.5. The Kier molecular flexibility index (Phi) is 5.52. The van der Waals surface area contributed by atoms with Crippen molar-refractivity contribution in [2.24, 2.45) is 0 Å². The van der Waals surface area contributed by atoms with Crippen LogP contribution in [0.5, 0.6) is 5.75 Å². The lowest BCUT2D eigenvalue weighted by Crippen LogP contribution is -2.44. The van der Waals surface area contributed by atoms with Crippen molar-refractivity contribution in [3.05, 3.63) is 15.8 Å². The Morgan fingerprint density at radius 1 is 1.32 bits per heavy atom. The molecule has 1 saturated heterocycles. The van der Waals surface area contributed by atoms with Gasteiger partial charge in [0.1, 0.15) is 33.3 Å². The summed E-state index contributed by atoms with van der Waals surface area (Å²) in [6.45, 7) is 6.10.